The maximum Gasteiger partial charge on any atom is 0.270 e. The largest absolute Gasteiger partial charge is 0.507 e. The first-order valence-corrected chi connectivity index (χ1v) is 7.28. The number of amides is 1. The molecule has 8 heteroatoms. The van der Waals surface area contributed by atoms with Gasteiger partial charge in [0.1, 0.15) is 12.3 Å². The van der Waals surface area contributed by atoms with Crippen molar-refractivity contribution >= 4 is 35.1 Å². The third-order valence-electron chi connectivity index (χ3n) is 3.23. The first-order chi connectivity index (χ1) is 11.4. The van der Waals surface area contributed by atoms with Gasteiger partial charge >= 0.3 is 0 Å². The number of non-ortho nitro benzene ring substituents is 1. The number of rotatable bonds is 5. The summed E-state index contributed by atoms with van der Waals surface area (Å²) >= 11 is 5.98. The number of nitro groups is 1. The second-order valence-electron chi connectivity index (χ2n) is 4.93. The average Bonchev–Trinajstić information content (AvgIpc) is 2.53. The van der Waals surface area contributed by atoms with Gasteiger partial charge in [-0.25, -0.2) is 0 Å². The summed E-state index contributed by atoms with van der Waals surface area (Å²) in [6, 6.07) is 8.72. The zero-order valence-electron chi connectivity index (χ0n) is 12.7. The Morgan fingerprint density at radius 3 is 2.88 bits per heavy atom. The highest BCUT2D eigenvalue weighted by Crippen LogP contribution is 2.23. The van der Waals surface area contributed by atoms with E-state index in [0.717, 1.165) is 5.56 Å². The lowest BCUT2D eigenvalue weighted by Gasteiger charge is -2.08. The molecule has 0 saturated heterocycles. The number of nitrogens with zero attached hydrogens (tertiary/aromatic N) is 2. The number of aromatic hydroxyl groups is 1. The predicted molar refractivity (Wildman–Crippen MR) is 92.0 cm³/mol. The maximum atomic E-state index is 11.9. The summed E-state index contributed by atoms with van der Waals surface area (Å²) in [5.74, 6) is -0.531. The van der Waals surface area contributed by atoms with Crippen molar-refractivity contribution < 1.29 is 14.8 Å². The molecule has 0 spiro atoms. The molecule has 0 heterocycles. The van der Waals surface area contributed by atoms with Crippen LogP contribution in [0.15, 0.2) is 41.4 Å². The Morgan fingerprint density at radius 1 is 1.42 bits per heavy atom. The fourth-order valence-electron chi connectivity index (χ4n) is 1.92. The van der Waals surface area contributed by atoms with Crippen molar-refractivity contribution in [3.8, 4) is 5.75 Å². The number of aliphatic imine (C=N–C) groups is 1. The Morgan fingerprint density at radius 2 is 2.17 bits per heavy atom. The Hall–Kier alpha value is -2.93. The Kier molecular flexibility index (Phi) is 5.49. The molecule has 0 bridgehead atoms. The molecule has 0 atom stereocenters. The van der Waals surface area contributed by atoms with E-state index in [1.165, 1.54) is 24.4 Å². The number of hydrogen-bond donors (Lipinski definition) is 2. The SMILES string of the molecule is Cc1c(Cl)cccc1NC(=O)CN=Cc1cc([N+](=O)[O-])ccc1O. The van der Waals surface area contributed by atoms with Crippen LogP contribution in [0.3, 0.4) is 0 Å². The summed E-state index contributed by atoms with van der Waals surface area (Å²) in [5, 5.41) is 23.6. The van der Waals surface area contributed by atoms with E-state index in [1.807, 2.05) is 0 Å². The van der Waals surface area contributed by atoms with E-state index < -0.39 is 4.92 Å². The highest BCUT2D eigenvalue weighted by atomic mass is 35.5. The minimum atomic E-state index is -0.578. The second kappa shape index (κ2) is 7.56. The lowest BCUT2D eigenvalue weighted by Crippen LogP contribution is -2.15. The molecule has 2 rings (SSSR count). The van der Waals surface area contributed by atoms with E-state index in [-0.39, 0.29) is 29.5 Å². The number of hydrogen-bond acceptors (Lipinski definition) is 5. The summed E-state index contributed by atoms with van der Waals surface area (Å²) in [6.07, 6.45) is 1.22. The topological polar surface area (TPSA) is 105 Å². The van der Waals surface area contributed by atoms with E-state index in [4.69, 9.17) is 11.6 Å². The van der Waals surface area contributed by atoms with Gasteiger partial charge in [-0.15, -0.1) is 0 Å². The molecule has 0 unspecified atom stereocenters. The van der Waals surface area contributed by atoms with Crippen molar-refractivity contribution in [3.05, 3.63) is 62.7 Å². The maximum absolute atomic E-state index is 11.9. The normalized spacial score (nSPS) is 10.8. The molecule has 0 saturated carbocycles. The Balaban J connectivity index is 2.04. The Bertz CT molecular complexity index is 821. The van der Waals surface area contributed by atoms with Gasteiger partial charge in [0.15, 0.2) is 0 Å². The molecule has 0 fully saturated rings. The van der Waals surface area contributed by atoms with Crippen molar-refractivity contribution in [2.45, 2.75) is 6.92 Å². The van der Waals surface area contributed by atoms with Crippen molar-refractivity contribution in [3.63, 3.8) is 0 Å². The van der Waals surface area contributed by atoms with Crippen molar-refractivity contribution in [1.29, 1.82) is 0 Å². The lowest BCUT2D eigenvalue weighted by atomic mass is 10.2. The predicted octanol–water partition coefficient (Wildman–Crippen LogP) is 3.32. The molecule has 0 aliphatic rings. The van der Waals surface area contributed by atoms with Gasteiger partial charge in [-0.1, -0.05) is 17.7 Å². The van der Waals surface area contributed by atoms with Gasteiger partial charge in [-0.05, 0) is 30.7 Å². The fraction of sp³-hybridized carbons (Fsp3) is 0.125. The van der Waals surface area contributed by atoms with Crippen LogP contribution in [0, 0.1) is 17.0 Å². The second-order valence-corrected chi connectivity index (χ2v) is 5.34. The van der Waals surface area contributed by atoms with Crippen LogP contribution in [0.2, 0.25) is 5.02 Å². The standard InChI is InChI=1S/C16H14ClN3O4/c1-10-13(17)3-2-4-14(10)19-16(22)9-18-8-11-7-12(20(23)24)5-6-15(11)21/h2-8,21H,9H2,1H3,(H,19,22). The van der Waals surface area contributed by atoms with Crippen LogP contribution in [0.25, 0.3) is 0 Å². The number of phenols is 1. The highest BCUT2D eigenvalue weighted by molar-refractivity contribution is 6.31. The molecule has 124 valence electrons. The molecule has 0 aliphatic heterocycles. The van der Waals surface area contributed by atoms with Crippen molar-refractivity contribution in [2.75, 3.05) is 11.9 Å². The third kappa shape index (κ3) is 4.30. The molecule has 2 aromatic carbocycles. The molecule has 0 aliphatic carbocycles. The summed E-state index contributed by atoms with van der Waals surface area (Å²) in [7, 11) is 0. The Labute approximate surface area is 142 Å². The zero-order valence-corrected chi connectivity index (χ0v) is 13.4. The van der Waals surface area contributed by atoms with Gasteiger partial charge in [0.25, 0.3) is 5.69 Å². The van der Waals surface area contributed by atoms with Gasteiger partial charge < -0.3 is 10.4 Å². The van der Waals surface area contributed by atoms with Crippen molar-refractivity contribution in [1.82, 2.24) is 0 Å². The number of nitro benzene ring substituents is 1. The van der Waals surface area contributed by atoms with Gasteiger partial charge in [-0.2, -0.15) is 0 Å². The monoisotopic (exact) mass is 347 g/mol. The molecule has 1 amide bonds. The third-order valence-corrected chi connectivity index (χ3v) is 3.64. The van der Waals surface area contributed by atoms with Gasteiger partial charge in [-0.3, -0.25) is 19.9 Å². The van der Waals surface area contributed by atoms with Crippen LogP contribution < -0.4 is 5.32 Å². The number of nitrogens with one attached hydrogen (secondary N) is 1. The summed E-state index contributed by atoms with van der Waals surface area (Å²) in [6.45, 7) is 1.58. The van der Waals surface area contributed by atoms with Crippen LogP contribution in [0.1, 0.15) is 11.1 Å². The van der Waals surface area contributed by atoms with Crippen LogP contribution in [0.5, 0.6) is 5.75 Å². The van der Waals surface area contributed by atoms with Crippen LogP contribution in [-0.4, -0.2) is 28.7 Å². The molecule has 2 aromatic rings. The van der Waals surface area contributed by atoms with E-state index in [1.54, 1.807) is 25.1 Å². The van der Waals surface area contributed by atoms with Gasteiger partial charge in [0.2, 0.25) is 5.91 Å². The molecule has 2 N–H and O–H groups in total. The molecule has 0 aromatic heterocycles. The average molecular weight is 348 g/mol. The quantitative estimate of drug-likeness (QED) is 0.491. The molecule has 0 radical (unpaired) electrons. The number of phenolic OH excluding ortho intramolecular Hbond substituents is 1. The van der Waals surface area contributed by atoms with Crippen LogP contribution in [0.4, 0.5) is 11.4 Å². The number of halogens is 1. The van der Waals surface area contributed by atoms with E-state index in [9.17, 15) is 20.0 Å². The zero-order chi connectivity index (χ0) is 17.7. The summed E-state index contributed by atoms with van der Waals surface area (Å²) < 4.78 is 0. The van der Waals surface area contributed by atoms with Crippen LogP contribution in [-0.2, 0) is 4.79 Å². The summed E-state index contributed by atoms with van der Waals surface area (Å²) in [4.78, 5) is 25.9. The number of anilines is 1. The van der Waals surface area contributed by atoms with E-state index >= 15 is 0 Å². The molecule has 24 heavy (non-hydrogen) atoms. The minimum absolute atomic E-state index is 0.157. The smallest absolute Gasteiger partial charge is 0.270 e. The minimum Gasteiger partial charge on any atom is -0.507 e. The van der Waals surface area contributed by atoms with Gasteiger partial charge in [0, 0.05) is 34.6 Å². The molecular weight excluding hydrogens is 334 g/mol. The van der Waals surface area contributed by atoms with Crippen molar-refractivity contribution in [2.24, 2.45) is 4.99 Å². The number of carbonyl (C=O) groups is 1. The number of carbonyl (C=O) groups excluding carboxylic acids is 1. The van der Waals surface area contributed by atoms with Gasteiger partial charge in [0.05, 0.1) is 4.92 Å². The summed E-state index contributed by atoms with van der Waals surface area (Å²) in [5.41, 5.74) is 1.32. The highest BCUT2D eigenvalue weighted by Gasteiger charge is 2.09. The lowest BCUT2D eigenvalue weighted by molar-refractivity contribution is -0.384. The van der Waals surface area contributed by atoms with E-state index in [0.29, 0.717) is 10.7 Å². The fourth-order valence-corrected chi connectivity index (χ4v) is 2.09. The molecular formula is C16H14ClN3O4. The van der Waals surface area contributed by atoms with E-state index in [2.05, 4.69) is 10.3 Å². The number of benzene rings is 2. The van der Waals surface area contributed by atoms with Crippen LogP contribution >= 0.6 is 11.6 Å². The molecule has 7 nitrogen and oxygen atoms in total. The first kappa shape index (κ1) is 17.4. The first-order valence-electron chi connectivity index (χ1n) is 6.90.